The molecular formula is C29H24F4N4O2S. The molecule has 0 radical (unpaired) electrons. The van der Waals surface area contributed by atoms with E-state index in [1.54, 1.807) is 18.7 Å². The predicted molar refractivity (Wildman–Crippen MR) is 146 cm³/mol. The van der Waals surface area contributed by atoms with Crippen LogP contribution in [0.3, 0.4) is 0 Å². The van der Waals surface area contributed by atoms with Crippen molar-refractivity contribution in [3.63, 3.8) is 0 Å². The third-order valence-electron chi connectivity index (χ3n) is 6.29. The van der Waals surface area contributed by atoms with Crippen molar-refractivity contribution < 1.29 is 27.0 Å². The molecular weight excluding hydrogens is 544 g/mol. The Labute approximate surface area is 232 Å². The molecule has 0 amide bonds. The lowest BCUT2D eigenvalue weighted by atomic mass is 10.0. The van der Waals surface area contributed by atoms with Crippen LogP contribution in [-0.4, -0.2) is 33.5 Å². The molecule has 2 heterocycles. The number of hydrogen-bond acceptors (Lipinski definition) is 6. The molecule has 0 N–H and O–H groups in total. The largest absolute Gasteiger partial charge is 0.497 e. The minimum absolute atomic E-state index is 0.0408. The Kier molecular flexibility index (Phi) is 7.66. The fraction of sp³-hybridized carbons (Fsp3) is 0.207. The first-order valence-corrected chi connectivity index (χ1v) is 13.3. The summed E-state index contributed by atoms with van der Waals surface area (Å²) in [5, 5.41) is 9.84. The second kappa shape index (κ2) is 11.2. The van der Waals surface area contributed by atoms with E-state index in [2.05, 4.69) is 10.2 Å². The number of aromatic nitrogens is 4. The van der Waals surface area contributed by atoms with Gasteiger partial charge < -0.3 is 14.0 Å². The average Bonchev–Trinajstić information content (AvgIpc) is 3.31. The number of nitrogens with zero attached hydrogens (tertiary/aromatic N) is 4. The molecule has 0 aliphatic carbocycles. The van der Waals surface area contributed by atoms with Gasteiger partial charge in [-0.1, -0.05) is 17.8 Å². The Bertz CT molecular complexity index is 1670. The van der Waals surface area contributed by atoms with Crippen LogP contribution in [0.15, 0.2) is 71.9 Å². The highest BCUT2D eigenvalue weighted by molar-refractivity contribution is 7.98. The summed E-state index contributed by atoms with van der Waals surface area (Å²) in [5.74, 6) is 0.891. The highest BCUT2D eigenvalue weighted by Gasteiger charge is 2.33. The molecule has 0 aliphatic rings. The van der Waals surface area contributed by atoms with E-state index in [1.807, 2.05) is 55.5 Å². The zero-order valence-corrected chi connectivity index (χ0v) is 22.6. The van der Waals surface area contributed by atoms with Crippen LogP contribution in [0.5, 0.6) is 11.5 Å². The van der Waals surface area contributed by atoms with E-state index in [4.69, 9.17) is 14.5 Å². The van der Waals surface area contributed by atoms with E-state index < -0.39 is 17.6 Å². The van der Waals surface area contributed by atoms with Crippen molar-refractivity contribution in [1.29, 1.82) is 0 Å². The summed E-state index contributed by atoms with van der Waals surface area (Å²) < 4.78 is 66.7. The van der Waals surface area contributed by atoms with Gasteiger partial charge in [-0.05, 0) is 73.2 Å². The quantitative estimate of drug-likeness (QED) is 0.142. The molecule has 206 valence electrons. The Morgan fingerprint density at radius 3 is 2.38 bits per heavy atom. The number of pyridine rings is 1. The van der Waals surface area contributed by atoms with Gasteiger partial charge in [0.1, 0.15) is 17.3 Å². The number of hydrogen-bond donors (Lipinski definition) is 0. The van der Waals surface area contributed by atoms with Crippen LogP contribution < -0.4 is 9.47 Å². The highest BCUT2D eigenvalue weighted by atomic mass is 32.2. The van der Waals surface area contributed by atoms with Crippen molar-refractivity contribution >= 4 is 22.7 Å². The molecule has 6 nitrogen and oxygen atoms in total. The van der Waals surface area contributed by atoms with E-state index in [0.717, 1.165) is 46.2 Å². The number of ether oxygens (including phenoxy) is 2. The van der Waals surface area contributed by atoms with Crippen molar-refractivity contribution in [2.24, 2.45) is 7.05 Å². The van der Waals surface area contributed by atoms with Crippen molar-refractivity contribution in [2.75, 3.05) is 13.7 Å². The van der Waals surface area contributed by atoms with Gasteiger partial charge in [-0.25, -0.2) is 9.37 Å². The van der Waals surface area contributed by atoms with Gasteiger partial charge >= 0.3 is 6.18 Å². The van der Waals surface area contributed by atoms with Gasteiger partial charge in [0, 0.05) is 29.3 Å². The number of methoxy groups -OCH3 is 1. The molecule has 0 saturated carbocycles. The molecule has 3 aromatic carbocycles. The summed E-state index contributed by atoms with van der Waals surface area (Å²) in [7, 11) is 3.35. The third-order valence-corrected chi connectivity index (χ3v) is 7.36. The second-order valence-electron chi connectivity index (χ2n) is 8.85. The second-order valence-corrected chi connectivity index (χ2v) is 9.79. The predicted octanol–water partition coefficient (Wildman–Crippen LogP) is 7.55. The maximum Gasteiger partial charge on any atom is 0.416 e. The SMILES string of the molecule is CCOc1ccc2nc(-c3ccc(OC)cc3)cc(-c3nnc(SCc4ccc(F)cc4C(F)(F)F)n3C)c2c1. The van der Waals surface area contributed by atoms with Crippen molar-refractivity contribution in [2.45, 2.75) is 24.0 Å². The molecule has 5 rings (SSSR count). The summed E-state index contributed by atoms with van der Waals surface area (Å²) in [6.07, 6.45) is -4.67. The lowest BCUT2D eigenvalue weighted by molar-refractivity contribution is -0.138. The van der Waals surface area contributed by atoms with Gasteiger partial charge in [-0.2, -0.15) is 13.2 Å². The topological polar surface area (TPSA) is 62.1 Å². The Hall–Kier alpha value is -4.12. The highest BCUT2D eigenvalue weighted by Crippen LogP contribution is 2.37. The van der Waals surface area contributed by atoms with Gasteiger partial charge in [0.25, 0.3) is 0 Å². The maximum atomic E-state index is 13.5. The number of fused-ring (bicyclic) bond motifs is 1. The van der Waals surface area contributed by atoms with Crippen LogP contribution in [0.25, 0.3) is 33.5 Å². The molecule has 2 aromatic heterocycles. The first kappa shape index (κ1) is 27.4. The minimum atomic E-state index is -4.67. The zero-order chi connectivity index (χ0) is 28.4. The molecule has 11 heteroatoms. The van der Waals surface area contributed by atoms with E-state index in [0.29, 0.717) is 40.6 Å². The Balaban J connectivity index is 1.55. The van der Waals surface area contributed by atoms with Crippen LogP contribution in [0.2, 0.25) is 0 Å². The summed E-state index contributed by atoms with van der Waals surface area (Å²) in [6.45, 7) is 2.39. The number of rotatable bonds is 8. The lowest BCUT2D eigenvalue weighted by Gasteiger charge is -2.13. The molecule has 0 saturated heterocycles. The van der Waals surface area contributed by atoms with E-state index in [1.165, 1.54) is 0 Å². The number of halogens is 4. The first-order chi connectivity index (χ1) is 19.2. The summed E-state index contributed by atoms with van der Waals surface area (Å²) in [6, 6.07) is 17.7. The van der Waals surface area contributed by atoms with Crippen molar-refractivity contribution in [1.82, 2.24) is 19.7 Å². The fourth-order valence-electron chi connectivity index (χ4n) is 4.31. The van der Waals surface area contributed by atoms with Gasteiger partial charge in [0.2, 0.25) is 0 Å². The van der Waals surface area contributed by atoms with Crippen LogP contribution in [0, 0.1) is 5.82 Å². The van der Waals surface area contributed by atoms with Gasteiger partial charge in [0.05, 0.1) is 30.5 Å². The van der Waals surface area contributed by atoms with Crippen LogP contribution in [-0.2, 0) is 19.0 Å². The molecule has 40 heavy (non-hydrogen) atoms. The lowest BCUT2D eigenvalue weighted by Crippen LogP contribution is -2.09. The molecule has 0 bridgehead atoms. The smallest absolute Gasteiger partial charge is 0.416 e. The van der Waals surface area contributed by atoms with Crippen molar-refractivity contribution in [3.8, 4) is 34.1 Å². The standard InChI is InChI=1S/C29H24F4N4O2S/c1-4-39-21-11-12-25-22(14-21)23(15-26(34-25)17-6-9-20(38-3)10-7-17)27-35-36-28(37(27)2)40-16-18-5-8-19(30)13-24(18)29(31,32)33/h5-15H,4,16H2,1-3H3. The zero-order valence-electron chi connectivity index (χ0n) is 21.8. The number of benzene rings is 3. The normalized spacial score (nSPS) is 11.7. The monoisotopic (exact) mass is 568 g/mol. The molecule has 0 aliphatic heterocycles. The van der Waals surface area contributed by atoms with Crippen LogP contribution in [0.1, 0.15) is 18.1 Å². The van der Waals surface area contributed by atoms with Crippen LogP contribution in [0.4, 0.5) is 17.6 Å². The molecule has 0 atom stereocenters. The van der Waals surface area contributed by atoms with Gasteiger partial charge in [-0.15, -0.1) is 10.2 Å². The first-order valence-electron chi connectivity index (χ1n) is 12.3. The van der Waals surface area contributed by atoms with Gasteiger partial charge in [0.15, 0.2) is 11.0 Å². The average molecular weight is 569 g/mol. The summed E-state index contributed by atoms with van der Waals surface area (Å²) >= 11 is 1.09. The van der Waals surface area contributed by atoms with Crippen molar-refractivity contribution in [3.05, 3.63) is 83.7 Å². The third kappa shape index (κ3) is 5.60. The maximum absolute atomic E-state index is 13.5. The molecule has 0 spiro atoms. The van der Waals surface area contributed by atoms with Crippen LogP contribution >= 0.6 is 11.8 Å². The molecule has 0 fully saturated rings. The molecule has 0 unspecified atom stereocenters. The minimum Gasteiger partial charge on any atom is -0.497 e. The molecule has 5 aromatic rings. The summed E-state index contributed by atoms with van der Waals surface area (Å²) in [4.78, 5) is 4.84. The Morgan fingerprint density at radius 2 is 1.68 bits per heavy atom. The van der Waals surface area contributed by atoms with E-state index in [-0.39, 0.29) is 11.3 Å². The Morgan fingerprint density at radius 1 is 0.925 bits per heavy atom. The van der Waals surface area contributed by atoms with E-state index >= 15 is 0 Å². The summed E-state index contributed by atoms with van der Waals surface area (Å²) in [5.41, 5.74) is 1.97. The number of thioether (sulfide) groups is 1. The van der Waals surface area contributed by atoms with E-state index in [9.17, 15) is 17.6 Å². The number of alkyl halides is 3. The fourth-order valence-corrected chi connectivity index (χ4v) is 5.23. The van der Waals surface area contributed by atoms with Gasteiger partial charge in [-0.3, -0.25) is 0 Å².